The second-order valence-corrected chi connectivity index (χ2v) is 8.00. The van der Waals surface area contributed by atoms with Crippen LogP contribution in [0.5, 0.6) is 0 Å². The molecule has 1 unspecified atom stereocenters. The average Bonchev–Trinajstić information content (AvgIpc) is 2.69. The molecule has 0 saturated heterocycles. The lowest BCUT2D eigenvalue weighted by molar-refractivity contribution is -0.137. The van der Waals surface area contributed by atoms with Gasteiger partial charge in [-0.15, -0.1) is 0 Å². The van der Waals surface area contributed by atoms with Crippen molar-refractivity contribution in [2.75, 3.05) is 26.0 Å². The van der Waals surface area contributed by atoms with Gasteiger partial charge in [0.25, 0.3) is 0 Å². The molecule has 2 amide bonds. The first-order valence-electron chi connectivity index (χ1n) is 9.49. The lowest BCUT2D eigenvalue weighted by Crippen LogP contribution is -2.46. The van der Waals surface area contributed by atoms with E-state index in [4.69, 9.17) is 0 Å². The zero-order chi connectivity index (χ0) is 21.6. The van der Waals surface area contributed by atoms with Crippen molar-refractivity contribution in [3.63, 3.8) is 0 Å². The van der Waals surface area contributed by atoms with Gasteiger partial charge in [0.1, 0.15) is 5.82 Å². The van der Waals surface area contributed by atoms with Gasteiger partial charge >= 0.3 is 0 Å². The van der Waals surface area contributed by atoms with E-state index in [9.17, 15) is 14.0 Å². The number of nitrogens with zero attached hydrogens (tertiary/aromatic N) is 2. The molecule has 0 bridgehead atoms. The Kier molecular flexibility index (Phi) is 8.34. The number of halogens is 2. The molecule has 1 atom stereocenters. The second kappa shape index (κ2) is 10.5. The second-order valence-electron chi connectivity index (χ2n) is 7.08. The van der Waals surface area contributed by atoms with Crippen LogP contribution in [0.1, 0.15) is 25.0 Å². The third-order valence-corrected chi connectivity index (χ3v) is 5.37. The van der Waals surface area contributed by atoms with Crippen LogP contribution in [-0.2, 0) is 22.6 Å². The highest BCUT2D eigenvalue weighted by atomic mass is 79.9. The van der Waals surface area contributed by atoms with Crippen molar-refractivity contribution in [3.05, 3.63) is 63.9 Å². The molecule has 0 aliphatic carbocycles. The molecule has 0 radical (unpaired) electrons. The van der Waals surface area contributed by atoms with Gasteiger partial charge in [-0.1, -0.05) is 41.1 Å². The summed E-state index contributed by atoms with van der Waals surface area (Å²) >= 11 is 3.34. The third kappa shape index (κ3) is 6.37. The molecule has 1 N–H and O–H groups in total. The first kappa shape index (κ1) is 23.0. The molecule has 2 rings (SSSR count). The Hall–Kier alpha value is -2.25. The predicted octanol–water partition coefficient (Wildman–Crippen LogP) is 4.07. The van der Waals surface area contributed by atoms with Crippen molar-refractivity contribution in [2.24, 2.45) is 0 Å². The highest BCUT2D eigenvalue weighted by Gasteiger charge is 2.24. The summed E-state index contributed by atoms with van der Waals surface area (Å²) in [6, 6.07) is 11.8. The number of benzene rings is 2. The number of hydrogen-bond acceptors (Lipinski definition) is 3. The molecule has 2 aromatic carbocycles. The Balaban J connectivity index is 1.95. The molecule has 156 valence electrons. The van der Waals surface area contributed by atoms with E-state index in [-0.39, 0.29) is 30.7 Å². The Morgan fingerprint density at radius 3 is 2.52 bits per heavy atom. The maximum atomic E-state index is 14.0. The fourth-order valence-corrected chi connectivity index (χ4v) is 3.42. The number of rotatable bonds is 8. The van der Waals surface area contributed by atoms with Crippen LogP contribution in [0.25, 0.3) is 0 Å². The van der Waals surface area contributed by atoms with Crippen LogP contribution in [0.15, 0.2) is 46.9 Å². The highest BCUT2D eigenvalue weighted by Crippen LogP contribution is 2.18. The van der Waals surface area contributed by atoms with Gasteiger partial charge in [-0.2, -0.15) is 0 Å². The molecule has 0 fully saturated rings. The zero-order valence-electron chi connectivity index (χ0n) is 17.2. The minimum Gasteiger partial charge on any atom is -0.335 e. The van der Waals surface area contributed by atoms with E-state index in [1.165, 1.54) is 11.0 Å². The van der Waals surface area contributed by atoms with Gasteiger partial charge in [0.15, 0.2) is 0 Å². The molecule has 5 nitrogen and oxygen atoms in total. The van der Waals surface area contributed by atoms with E-state index in [1.807, 2.05) is 31.2 Å². The van der Waals surface area contributed by atoms with Crippen molar-refractivity contribution in [3.8, 4) is 0 Å². The Labute approximate surface area is 180 Å². The van der Waals surface area contributed by atoms with Crippen molar-refractivity contribution < 1.29 is 14.0 Å². The molecule has 0 saturated carbocycles. The quantitative estimate of drug-likeness (QED) is 0.641. The SMILES string of the molecule is CCc1ccccc1NC(=O)CN(C)C(=O)C(C)N(C)Cc1cc(Br)ccc1F. The largest absolute Gasteiger partial charge is 0.335 e. The van der Waals surface area contributed by atoms with E-state index >= 15 is 0 Å². The third-order valence-electron chi connectivity index (χ3n) is 4.88. The number of likely N-dealkylation sites (N-methyl/N-ethyl adjacent to an activating group) is 2. The van der Waals surface area contributed by atoms with Gasteiger partial charge < -0.3 is 10.2 Å². The normalized spacial score (nSPS) is 12.0. The van der Waals surface area contributed by atoms with Gasteiger partial charge in [-0.25, -0.2) is 4.39 Å². The highest BCUT2D eigenvalue weighted by molar-refractivity contribution is 9.10. The fourth-order valence-electron chi connectivity index (χ4n) is 3.01. The molecule has 0 aromatic heterocycles. The van der Waals surface area contributed by atoms with Crippen LogP contribution in [0.3, 0.4) is 0 Å². The molecular weight excluding hydrogens is 437 g/mol. The summed E-state index contributed by atoms with van der Waals surface area (Å²) in [5.41, 5.74) is 2.30. The number of carbonyl (C=O) groups is 2. The van der Waals surface area contributed by atoms with Gasteiger partial charge in [0.05, 0.1) is 12.6 Å². The minimum absolute atomic E-state index is 0.0552. The number of nitrogens with one attached hydrogen (secondary N) is 1. The van der Waals surface area contributed by atoms with Gasteiger partial charge in [-0.05, 0) is 50.2 Å². The Morgan fingerprint density at radius 1 is 1.14 bits per heavy atom. The minimum atomic E-state index is -0.505. The first-order valence-corrected chi connectivity index (χ1v) is 10.3. The van der Waals surface area contributed by atoms with Gasteiger partial charge in [-0.3, -0.25) is 14.5 Å². The zero-order valence-corrected chi connectivity index (χ0v) is 18.8. The Morgan fingerprint density at radius 2 is 1.83 bits per heavy atom. The molecule has 29 heavy (non-hydrogen) atoms. The molecule has 7 heteroatoms. The van der Waals surface area contributed by atoms with Crippen LogP contribution in [0.4, 0.5) is 10.1 Å². The van der Waals surface area contributed by atoms with E-state index in [1.54, 1.807) is 38.1 Å². The average molecular weight is 464 g/mol. The molecule has 0 aliphatic heterocycles. The number of amides is 2. The van der Waals surface area contributed by atoms with E-state index in [2.05, 4.69) is 21.2 Å². The summed E-state index contributed by atoms with van der Waals surface area (Å²) < 4.78 is 14.8. The molecule has 0 aliphatic rings. The summed E-state index contributed by atoms with van der Waals surface area (Å²) in [5.74, 6) is -0.779. The maximum Gasteiger partial charge on any atom is 0.243 e. The number of anilines is 1. The summed E-state index contributed by atoms with van der Waals surface area (Å²) in [4.78, 5) is 28.3. The van der Waals surface area contributed by atoms with Gasteiger partial charge in [0, 0.05) is 29.3 Å². The smallest absolute Gasteiger partial charge is 0.243 e. The van der Waals surface area contributed by atoms with E-state index < -0.39 is 6.04 Å². The number of hydrogen-bond donors (Lipinski definition) is 1. The lowest BCUT2D eigenvalue weighted by atomic mass is 10.1. The maximum absolute atomic E-state index is 14.0. The summed E-state index contributed by atoms with van der Waals surface area (Å²) in [6.45, 7) is 3.99. The summed E-state index contributed by atoms with van der Waals surface area (Å²) in [7, 11) is 3.35. The van der Waals surface area contributed by atoms with Crippen LogP contribution in [0, 0.1) is 5.82 Å². The van der Waals surface area contributed by atoms with Crippen molar-refractivity contribution in [2.45, 2.75) is 32.9 Å². The lowest BCUT2D eigenvalue weighted by Gasteiger charge is -2.28. The van der Waals surface area contributed by atoms with Crippen molar-refractivity contribution >= 4 is 33.4 Å². The molecule has 0 spiro atoms. The first-order chi connectivity index (χ1) is 13.7. The van der Waals surface area contributed by atoms with E-state index in [0.717, 1.165) is 22.1 Å². The van der Waals surface area contributed by atoms with Crippen molar-refractivity contribution in [1.29, 1.82) is 0 Å². The topological polar surface area (TPSA) is 52.7 Å². The summed E-state index contributed by atoms with van der Waals surface area (Å²) in [5, 5.41) is 2.87. The molecular formula is C22H27BrFN3O2. The van der Waals surface area contributed by atoms with Crippen LogP contribution < -0.4 is 5.32 Å². The van der Waals surface area contributed by atoms with Crippen LogP contribution >= 0.6 is 15.9 Å². The van der Waals surface area contributed by atoms with Crippen LogP contribution in [-0.4, -0.2) is 48.3 Å². The van der Waals surface area contributed by atoms with Crippen molar-refractivity contribution in [1.82, 2.24) is 9.80 Å². The van der Waals surface area contributed by atoms with Crippen LogP contribution in [0.2, 0.25) is 0 Å². The monoisotopic (exact) mass is 463 g/mol. The predicted molar refractivity (Wildman–Crippen MR) is 117 cm³/mol. The molecule has 2 aromatic rings. The number of aryl methyl sites for hydroxylation is 1. The fraction of sp³-hybridized carbons (Fsp3) is 0.364. The number of carbonyl (C=O) groups excluding carboxylic acids is 2. The standard InChI is InChI=1S/C22H27BrFN3O2/c1-5-16-8-6-7-9-20(16)25-21(28)14-27(4)22(29)15(2)26(3)13-17-12-18(23)10-11-19(17)24/h6-12,15H,5,13-14H2,1-4H3,(H,25,28). The van der Waals surface area contributed by atoms with E-state index in [0.29, 0.717) is 5.56 Å². The molecule has 0 heterocycles. The van der Waals surface area contributed by atoms with Gasteiger partial charge in [0.2, 0.25) is 11.8 Å². The Bertz CT molecular complexity index is 875. The summed E-state index contributed by atoms with van der Waals surface area (Å²) in [6.07, 6.45) is 0.805. The number of para-hydroxylation sites is 1.